The minimum atomic E-state index is -0.443. The number of hydrogen-bond donors (Lipinski definition) is 3. The van der Waals surface area contributed by atoms with Crippen molar-refractivity contribution >= 4 is 45.7 Å². The van der Waals surface area contributed by atoms with Crippen molar-refractivity contribution in [1.82, 2.24) is 10.3 Å². The first kappa shape index (κ1) is 17.2. The summed E-state index contributed by atoms with van der Waals surface area (Å²) in [7, 11) is 0. The van der Waals surface area contributed by atoms with Gasteiger partial charge >= 0.3 is 6.03 Å². The van der Waals surface area contributed by atoms with Crippen LogP contribution in [0.4, 0.5) is 15.6 Å². The highest BCUT2D eigenvalue weighted by Crippen LogP contribution is 2.23. The van der Waals surface area contributed by atoms with E-state index in [9.17, 15) is 9.59 Å². The zero-order valence-electron chi connectivity index (χ0n) is 12.8. The third kappa shape index (κ3) is 4.94. The average Bonchev–Trinajstić information content (AvgIpc) is 2.85. The summed E-state index contributed by atoms with van der Waals surface area (Å²) in [5.74, 6) is -0.176. The van der Waals surface area contributed by atoms with Crippen molar-refractivity contribution in [3.63, 3.8) is 0 Å². The summed E-state index contributed by atoms with van der Waals surface area (Å²) in [6, 6.07) is 6.37. The number of nitrogens with one attached hydrogen (secondary N) is 3. The van der Waals surface area contributed by atoms with Crippen LogP contribution in [-0.4, -0.2) is 23.5 Å². The van der Waals surface area contributed by atoms with Crippen LogP contribution in [0.25, 0.3) is 0 Å². The Balaban J connectivity index is 2.00. The lowest BCUT2D eigenvalue weighted by molar-refractivity contribution is 0.0957. The maximum absolute atomic E-state index is 12.0. The van der Waals surface area contributed by atoms with E-state index in [4.69, 9.17) is 11.6 Å². The van der Waals surface area contributed by atoms with Crippen molar-refractivity contribution in [2.45, 2.75) is 20.3 Å². The number of benzene rings is 1. The molecular formula is C15H17ClN4O2S. The predicted molar refractivity (Wildman–Crippen MR) is 93.6 cm³/mol. The van der Waals surface area contributed by atoms with Gasteiger partial charge in [0.25, 0.3) is 5.91 Å². The lowest BCUT2D eigenvalue weighted by Crippen LogP contribution is -2.23. The molecule has 1 aromatic heterocycles. The minimum Gasteiger partial charge on any atom is -0.351 e. The van der Waals surface area contributed by atoms with Gasteiger partial charge < -0.3 is 10.6 Å². The molecule has 0 saturated carbocycles. The molecule has 2 aromatic rings. The second-order valence-corrected chi connectivity index (χ2v) is 6.21. The number of aryl methyl sites for hydroxylation is 1. The van der Waals surface area contributed by atoms with E-state index in [2.05, 4.69) is 20.9 Å². The number of thiazole rings is 1. The van der Waals surface area contributed by atoms with Crippen LogP contribution in [0.1, 0.15) is 28.7 Å². The number of halogens is 1. The summed E-state index contributed by atoms with van der Waals surface area (Å²) < 4.78 is 0. The molecule has 0 bridgehead atoms. The molecule has 2 rings (SSSR count). The molecule has 0 saturated heterocycles. The van der Waals surface area contributed by atoms with Crippen molar-refractivity contribution in [2.24, 2.45) is 0 Å². The van der Waals surface area contributed by atoms with E-state index in [1.165, 1.54) is 0 Å². The third-order valence-corrected chi connectivity index (χ3v) is 4.15. The fraction of sp³-hybridized carbons (Fsp3) is 0.267. The van der Waals surface area contributed by atoms with E-state index in [1.54, 1.807) is 31.2 Å². The smallest absolute Gasteiger partial charge is 0.325 e. The van der Waals surface area contributed by atoms with E-state index in [0.717, 1.165) is 17.8 Å². The van der Waals surface area contributed by atoms with Gasteiger partial charge in [0.15, 0.2) is 5.13 Å². The number of aromatic nitrogens is 1. The van der Waals surface area contributed by atoms with Crippen molar-refractivity contribution in [3.05, 3.63) is 39.9 Å². The molecule has 3 N–H and O–H groups in total. The van der Waals surface area contributed by atoms with Crippen LogP contribution >= 0.6 is 22.9 Å². The Hall–Kier alpha value is -2.12. The molecule has 8 heteroatoms. The molecule has 0 aliphatic heterocycles. The van der Waals surface area contributed by atoms with Crippen LogP contribution in [0, 0.1) is 6.92 Å². The monoisotopic (exact) mass is 352 g/mol. The molecule has 0 spiro atoms. The molecule has 1 aromatic carbocycles. The first-order valence-electron chi connectivity index (χ1n) is 7.08. The summed E-state index contributed by atoms with van der Waals surface area (Å²) in [6.07, 6.45) is 0.858. The zero-order valence-corrected chi connectivity index (χ0v) is 14.3. The quantitative estimate of drug-likeness (QED) is 0.763. The van der Waals surface area contributed by atoms with Gasteiger partial charge in [-0.2, -0.15) is 0 Å². The number of amides is 3. The second-order valence-electron chi connectivity index (χ2n) is 4.78. The Morgan fingerprint density at radius 1 is 1.30 bits per heavy atom. The molecule has 0 aliphatic rings. The molecule has 23 heavy (non-hydrogen) atoms. The average molecular weight is 353 g/mol. The molecule has 0 aliphatic carbocycles. The number of rotatable bonds is 5. The number of urea groups is 1. The molecule has 1 heterocycles. The lowest BCUT2D eigenvalue weighted by atomic mass is 10.3. The highest BCUT2D eigenvalue weighted by atomic mass is 35.5. The maximum atomic E-state index is 12.0. The van der Waals surface area contributed by atoms with E-state index in [1.807, 2.05) is 6.92 Å². The highest BCUT2D eigenvalue weighted by Gasteiger charge is 2.16. The summed E-state index contributed by atoms with van der Waals surface area (Å²) >= 11 is 7.00. The SMILES string of the molecule is CCCNC(=O)c1sc(NC(=O)Nc2cccc(Cl)c2)nc1C. The van der Waals surface area contributed by atoms with Crippen molar-refractivity contribution in [1.29, 1.82) is 0 Å². The molecule has 6 nitrogen and oxygen atoms in total. The summed E-state index contributed by atoms with van der Waals surface area (Å²) in [6.45, 7) is 4.32. The van der Waals surface area contributed by atoms with E-state index in [0.29, 0.717) is 33.0 Å². The Morgan fingerprint density at radius 3 is 2.78 bits per heavy atom. The van der Waals surface area contributed by atoms with E-state index < -0.39 is 6.03 Å². The number of hydrogen-bond acceptors (Lipinski definition) is 4. The fourth-order valence-corrected chi connectivity index (χ4v) is 2.87. The normalized spacial score (nSPS) is 10.2. The highest BCUT2D eigenvalue weighted by molar-refractivity contribution is 7.17. The predicted octanol–water partition coefficient (Wildman–Crippen LogP) is 3.89. The summed E-state index contributed by atoms with van der Waals surface area (Å²) in [5, 5.41) is 8.96. The molecule has 0 atom stereocenters. The summed E-state index contributed by atoms with van der Waals surface area (Å²) in [5.41, 5.74) is 1.16. The van der Waals surface area contributed by atoms with Gasteiger partial charge in [0.05, 0.1) is 5.69 Å². The number of anilines is 2. The Bertz CT molecular complexity index is 717. The molecule has 3 amide bonds. The fourth-order valence-electron chi connectivity index (χ4n) is 1.81. The lowest BCUT2D eigenvalue weighted by Gasteiger charge is -2.05. The van der Waals surface area contributed by atoms with Crippen LogP contribution in [0.5, 0.6) is 0 Å². The van der Waals surface area contributed by atoms with Gasteiger partial charge in [-0.15, -0.1) is 0 Å². The standard InChI is InChI=1S/C15H17ClN4O2S/c1-3-7-17-13(21)12-9(2)18-15(23-12)20-14(22)19-11-6-4-5-10(16)8-11/h4-6,8H,3,7H2,1-2H3,(H,17,21)(H2,18,19,20,22). The number of carbonyl (C=O) groups is 2. The van der Waals surface area contributed by atoms with Gasteiger partial charge in [0.2, 0.25) is 0 Å². The maximum Gasteiger partial charge on any atom is 0.325 e. The van der Waals surface area contributed by atoms with Crippen molar-refractivity contribution < 1.29 is 9.59 Å². The van der Waals surface area contributed by atoms with Crippen LogP contribution < -0.4 is 16.0 Å². The molecule has 0 radical (unpaired) electrons. The van der Waals surface area contributed by atoms with Gasteiger partial charge in [-0.1, -0.05) is 35.9 Å². The van der Waals surface area contributed by atoms with E-state index in [-0.39, 0.29) is 5.91 Å². The van der Waals surface area contributed by atoms with Gasteiger partial charge in [-0.25, -0.2) is 9.78 Å². The first-order valence-corrected chi connectivity index (χ1v) is 8.28. The first-order chi connectivity index (χ1) is 11.0. The van der Waals surface area contributed by atoms with Crippen LogP contribution in [-0.2, 0) is 0 Å². The van der Waals surface area contributed by atoms with Crippen LogP contribution in [0.15, 0.2) is 24.3 Å². The topological polar surface area (TPSA) is 83.1 Å². The molecule has 122 valence electrons. The van der Waals surface area contributed by atoms with Gasteiger partial charge in [-0.3, -0.25) is 10.1 Å². The van der Waals surface area contributed by atoms with Gasteiger partial charge in [-0.05, 0) is 31.5 Å². The number of carbonyl (C=O) groups excluding carboxylic acids is 2. The Morgan fingerprint density at radius 2 is 2.09 bits per heavy atom. The third-order valence-electron chi connectivity index (χ3n) is 2.84. The second kappa shape index (κ2) is 7.94. The van der Waals surface area contributed by atoms with Gasteiger partial charge in [0, 0.05) is 17.3 Å². The van der Waals surface area contributed by atoms with E-state index >= 15 is 0 Å². The zero-order chi connectivity index (χ0) is 16.8. The molecule has 0 unspecified atom stereocenters. The summed E-state index contributed by atoms with van der Waals surface area (Å²) in [4.78, 5) is 28.6. The minimum absolute atomic E-state index is 0.176. The van der Waals surface area contributed by atoms with Crippen molar-refractivity contribution in [2.75, 3.05) is 17.2 Å². The Labute approximate surface area is 143 Å². The van der Waals surface area contributed by atoms with Crippen molar-refractivity contribution in [3.8, 4) is 0 Å². The largest absolute Gasteiger partial charge is 0.351 e. The molecular weight excluding hydrogens is 336 g/mol. The molecule has 0 fully saturated rings. The van der Waals surface area contributed by atoms with Gasteiger partial charge in [0.1, 0.15) is 4.88 Å². The van der Waals surface area contributed by atoms with Crippen LogP contribution in [0.3, 0.4) is 0 Å². The Kier molecular flexibility index (Phi) is 5.95. The number of nitrogens with zero attached hydrogens (tertiary/aromatic N) is 1. The van der Waals surface area contributed by atoms with Crippen LogP contribution in [0.2, 0.25) is 5.02 Å².